The highest BCUT2D eigenvalue weighted by atomic mass is 19.1. The summed E-state index contributed by atoms with van der Waals surface area (Å²) in [6, 6.07) is 1.60. The quantitative estimate of drug-likeness (QED) is 0.493. The lowest BCUT2D eigenvalue weighted by Crippen LogP contribution is -2.43. The number of amides is 1. The van der Waals surface area contributed by atoms with E-state index in [0.29, 0.717) is 6.07 Å². The summed E-state index contributed by atoms with van der Waals surface area (Å²) in [6.07, 6.45) is 1.57. The Kier molecular flexibility index (Phi) is 4.65. The van der Waals surface area contributed by atoms with E-state index < -0.39 is 27.9 Å². The van der Waals surface area contributed by atoms with Crippen molar-refractivity contribution in [3.8, 4) is 0 Å². The molecule has 0 bridgehead atoms. The second kappa shape index (κ2) is 5.85. The van der Waals surface area contributed by atoms with Gasteiger partial charge in [-0.15, -0.1) is 0 Å². The predicted octanol–water partition coefficient (Wildman–Crippen LogP) is 2.62. The Morgan fingerprint density at radius 3 is 2.60 bits per heavy atom. The number of nitrogens with one attached hydrogen (secondary N) is 1. The molecule has 0 saturated heterocycles. The number of nitrogens with zero attached hydrogens (tertiary/aromatic N) is 1. The van der Waals surface area contributed by atoms with Gasteiger partial charge >= 0.3 is 0 Å². The molecule has 0 fully saturated rings. The number of nitrogens with two attached hydrogens (primary N) is 1. The minimum Gasteiger partial charge on any atom is -0.393 e. The molecule has 0 saturated carbocycles. The Balaban J connectivity index is 3.14. The highest BCUT2D eigenvalue weighted by Gasteiger charge is 2.25. The van der Waals surface area contributed by atoms with Crippen molar-refractivity contribution < 1.29 is 14.1 Å². The third-order valence-electron chi connectivity index (χ3n) is 2.89. The third kappa shape index (κ3) is 3.66. The molecule has 7 heteroatoms. The maximum atomic E-state index is 13.4. The first-order valence-corrected chi connectivity index (χ1v) is 6.24. The molecule has 6 nitrogen and oxygen atoms in total. The number of benzene rings is 1. The Morgan fingerprint density at radius 2 is 2.10 bits per heavy atom. The zero-order chi connectivity index (χ0) is 15.5. The molecule has 0 aliphatic rings. The molecule has 0 spiro atoms. The number of anilines is 1. The monoisotopic (exact) mass is 283 g/mol. The van der Waals surface area contributed by atoms with Gasteiger partial charge in [0.15, 0.2) is 0 Å². The van der Waals surface area contributed by atoms with E-state index in [0.717, 1.165) is 18.9 Å². The van der Waals surface area contributed by atoms with Crippen LogP contribution >= 0.6 is 0 Å². The molecule has 0 aromatic heterocycles. The van der Waals surface area contributed by atoms with Gasteiger partial charge in [0.2, 0.25) is 0 Å². The largest absolute Gasteiger partial charge is 0.393 e. The van der Waals surface area contributed by atoms with Gasteiger partial charge in [0.1, 0.15) is 11.5 Å². The van der Waals surface area contributed by atoms with Crippen molar-refractivity contribution in [2.75, 3.05) is 5.73 Å². The van der Waals surface area contributed by atoms with Crippen molar-refractivity contribution in [1.29, 1.82) is 0 Å². The predicted molar refractivity (Wildman–Crippen MR) is 73.9 cm³/mol. The van der Waals surface area contributed by atoms with Crippen molar-refractivity contribution in [3.63, 3.8) is 0 Å². The molecule has 1 aromatic carbocycles. The van der Waals surface area contributed by atoms with Gasteiger partial charge in [0, 0.05) is 5.54 Å². The second-order valence-electron chi connectivity index (χ2n) is 5.23. The van der Waals surface area contributed by atoms with Gasteiger partial charge in [0.25, 0.3) is 11.6 Å². The van der Waals surface area contributed by atoms with E-state index in [-0.39, 0.29) is 11.3 Å². The van der Waals surface area contributed by atoms with E-state index in [2.05, 4.69) is 5.32 Å². The molecular formula is C13H18FN3O3. The van der Waals surface area contributed by atoms with Gasteiger partial charge in [-0.2, -0.15) is 0 Å². The molecule has 1 amide bonds. The van der Waals surface area contributed by atoms with E-state index in [1.54, 1.807) is 0 Å². The Morgan fingerprint density at radius 1 is 1.50 bits per heavy atom. The van der Waals surface area contributed by atoms with Crippen LogP contribution in [0.2, 0.25) is 0 Å². The van der Waals surface area contributed by atoms with E-state index >= 15 is 0 Å². The van der Waals surface area contributed by atoms with Gasteiger partial charge in [0.05, 0.1) is 16.6 Å². The van der Waals surface area contributed by atoms with Gasteiger partial charge in [-0.1, -0.05) is 13.3 Å². The summed E-state index contributed by atoms with van der Waals surface area (Å²) in [5, 5.41) is 13.5. The van der Waals surface area contributed by atoms with Crippen LogP contribution in [0.4, 0.5) is 15.8 Å². The fourth-order valence-electron chi connectivity index (χ4n) is 2.00. The van der Waals surface area contributed by atoms with E-state index in [4.69, 9.17) is 5.73 Å². The molecule has 0 unspecified atom stereocenters. The zero-order valence-corrected chi connectivity index (χ0v) is 11.7. The molecule has 0 atom stereocenters. The van der Waals surface area contributed by atoms with Crippen LogP contribution in [0, 0.1) is 15.9 Å². The van der Waals surface area contributed by atoms with E-state index in [9.17, 15) is 19.3 Å². The number of rotatable bonds is 5. The summed E-state index contributed by atoms with van der Waals surface area (Å²) in [4.78, 5) is 22.1. The summed E-state index contributed by atoms with van der Waals surface area (Å²) in [7, 11) is 0. The van der Waals surface area contributed by atoms with Crippen LogP contribution in [0.5, 0.6) is 0 Å². The zero-order valence-electron chi connectivity index (χ0n) is 11.7. The summed E-state index contributed by atoms with van der Waals surface area (Å²) in [5.41, 5.74) is 3.92. The Bertz CT molecular complexity index is 544. The summed E-state index contributed by atoms with van der Waals surface area (Å²) in [5.74, 6) is -1.49. The smallest absolute Gasteiger partial charge is 0.295 e. The van der Waals surface area contributed by atoms with Crippen LogP contribution in [0.3, 0.4) is 0 Å². The highest BCUT2D eigenvalue weighted by molar-refractivity contribution is 6.01. The normalized spacial score (nSPS) is 11.2. The van der Waals surface area contributed by atoms with Crippen LogP contribution < -0.4 is 11.1 Å². The van der Waals surface area contributed by atoms with Crippen molar-refractivity contribution >= 4 is 17.3 Å². The highest BCUT2D eigenvalue weighted by Crippen LogP contribution is 2.27. The fourth-order valence-corrected chi connectivity index (χ4v) is 2.00. The number of hydrogen-bond donors (Lipinski definition) is 2. The molecule has 20 heavy (non-hydrogen) atoms. The lowest BCUT2D eigenvalue weighted by molar-refractivity contribution is -0.384. The van der Waals surface area contributed by atoms with Crippen molar-refractivity contribution in [1.82, 2.24) is 5.32 Å². The van der Waals surface area contributed by atoms with Crippen LogP contribution in [0.25, 0.3) is 0 Å². The average molecular weight is 283 g/mol. The number of nitrogen functional groups attached to an aromatic ring is 1. The van der Waals surface area contributed by atoms with Gasteiger partial charge in [-0.25, -0.2) is 4.39 Å². The Labute approximate surface area is 116 Å². The topological polar surface area (TPSA) is 98.3 Å². The van der Waals surface area contributed by atoms with Crippen LogP contribution in [0.1, 0.15) is 44.0 Å². The molecule has 1 rings (SSSR count). The van der Waals surface area contributed by atoms with Gasteiger partial charge in [-0.05, 0) is 26.3 Å². The minimum absolute atomic E-state index is 0.221. The van der Waals surface area contributed by atoms with E-state index in [1.165, 1.54) is 0 Å². The summed E-state index contributed by atoms with van der Waals surface area (Å²) in [6.45, 7) is 5.60. The Hall–Kier alpha value is -2.18. The van der Waals surface area contributed by atoms with Crippen molar-refractivity contribution in [2.45, 2.75) is 39.2 Å². The fraction of sp³-hybridized carbons (Fsp3) is 0.462. The number of carbonyl (C=O) groups is 1. The molecule has 0 aliphatic heterocycles. The second-order valence-corrected chi connectivity index (χ2v) is 5.23. The lowest BCUT2D eigenvalue weighted by atomic mass is 9.98. The third-order valence-corrected chi connectivity index (χ3v) is 2.89. The average Bonchev–Trinajstić information content (AvgIpc) is 2.30. The molecule has 3 N–H and O–H groups in total. The lowest BCUT2D eigenvalue weighted by Gasteiger charge is -2.26. The maximum absolute atomic E-state index is 13.4. The van der Waals surface area contributed by atoms with Crippen LogP contribution in [-0.4, -0.2) is 16.4 Å². The number of halogens is 1. The molecule has 0 aliphatic carbocycles. The van der Waals surface area contributed by atoms with Crippen LogP contribution in [-0.2, 0) is 0 Å². The van der Waals surface area contributed by atoms with Crippen molar-refractivity contribution in [2.24, 2.45) is 0 Å². The first-order valence-electron chi connectivity index (χ1n) is 6.24. The van der Waals surface area contributed by atoms with E-state index in [1.807, 2.05) is 20.8 Å². The number of carbonyl (C=O) groups excluding carboxylic acids is 1. The summed E-state index contributed by atoms with van der Waals surface area (Å²) >= 11 is 0. The molecule has 0 radical (unpaired) electrons. The molecule has 110 valence electrons. The molecule has 1 aromatic rings. The van der Waals surface area contributed by atoms with Gasteiger partial charge in [-0.3, -0.25) is 14.9 Å². The molecule has 0 heterocycles. The number of nitro groups is 1. The first-order chi connectivity index (χ1) is 9.18. The summed E-state index contributed by atoms with van der Waals surface area (Å²) < 4.78 is 13.4. The maximum Gasteiger partial charge on any atom is 0.295 e. The van der Waals surface area contributed by atoms with Crippen LogP contribution in [0.15, 0.2) is 12.1 Å². The van der Waals surface area contributed by atoms with Gasteiger partial charge < -0.3 is 11.1 Å². The molecular weight excluding hydrogens is 265 g/mol. The minimum atomic E-state index is -0.871. The number of nitro benzene ring substituents is 1. The standard InChI is InChI=1S/C13H18FN3O3/c1-4-5-13(2,3)16-12(18)9-6-8(14)7-10(11(9)15)17(19)20/h6-7H,4-5,15H2,1-3H3,(H,16,18). The SMILES string of the molecule is CCCC(C)(C)NC(=O)c1cc(F)cc([N+](=O)[O-])c1N. The van der Waals surface area contributed by atoms with Crippen molar-refractivity contribution in [3.05, 3.63) is 33.6 Å². The first kappa shape index (κ1) is 15.9. The number of hydrogen-bond acceptors (Lipinski definition) is 4.